The molecule has 2 aromatic heterocycles. The van der Waals surface area contributed by atoms with Gasteiger partial charge in [0, 0.05) is 48.3 Å². The van der Waals surface area contributed by atoms with Gasteiger partial charge in [0.05, 0.1) is 5.69 Å². The topological polar surface area (TPSA) is 69.3 Å². The summed E-state index contributed by atoms with van der Waals surface area (Å²) in [6, 6.07) is 12.6. The monoisotopic (exact) mass is 408 g/mol. The summed E-state index contributed by atoms with van der Waals surface area (Å²) in [7, 11) is -3.47. The van der Waals surface area contributed by atoms with E-state index in [1.807, 2.05) is 24.3 Å². The van der Waals surface area contributed by atoms with E-state index in [0.717, 1.165) is 46.9 Å². The second-order valence-corrected chi connectivity index (χ2v) is 10.5. The lowest BCUT2D eigenvalue weighted by Gasteiger charge is -2.31. The van der Waals surface area contributed by atoms with Gasteiger partial charge in [-0.15, -0.1) is 0 Å². The van der Waals surface area contributed by atoms with Crippen molar-refractivity contribution >= 4 is 26.7 Å². The molecular weight excluding hydrogens is 384 g/mol. The molecule has 2 atom stereocenters. The number of H-pyrrole nitrogens is 1. The highest BCUT2D eigenvalue weighted by Crippen LogP contribution is 2.43. The van der Waals surface area contributed by atoms with E-state index in [1.54, 1.807) is 6.20 Å². The van der Waals surface area contributed by atoms with Gasteiger partial charge in [0.15, 0.2) is 0 Å². The van der Waals surface area contributed by atoms with Gasteiger partial charge in [0.25, 0.3) is 0 Å². The maximum absolute atomic E-state index is 13.0. The molecule has 2 unspecified atom stereocenters. The summed E-state index contributed by atoms with van der Waals surface area (Å²) >= 11 is 0. The average molecular weight is 409 g/mol. The molecule has 1 aromatic carbocycles. The number of nitrogens with one attached hydrogen (secondary N) is 1. The molecule has 3 fully saturated rings. The van der Waals surface area contributed by atoms with Gasteiger partial charge in [-0.2, -0.15) is 4.31 Å². The van der Waals surface area contributed by atoms with Crippen LogP contribution in [0, 0.1) is 5.92 Å². The standard InChI is InChI=1S/C22H24N4O2S/c27-29(28,25-8-3-9-25)18-12-19(21-11-16-4-1-2-5-20(16)24-21)22(23-13-18)26-14-15-6-7-17(26)10-15/h1-2,4-5,11-13,15,17,24H,3,6-10,14H2. The lowest BCUT2D eigenvalue weighted by Crippen LogP contribution is -2.42. The van der Waals surface area contributed by atoms with Crippen molar-refractivity contribution in [2.75, 3.05) is 24.5 Å². The number of hydrogen-bond donors (Lipinski definition) is 1. The first-order valence-corrected chi connectivity index (χ1v) is 11.9. The number of anilines is 1. The number of fused-ring (bicyclic) bond motifs is 3. The largest absolute Gasteiger partial charge is 0.354 e. The Morgan fingerprint density at radius 1 is 1.10 bits per heavy atom. The highest BCUT2D eigenvalue weighted by molar-refractivity contribution is 7.89. The van der Waals surface area contributed by atoms with Crippen LogP contribution in [0.4, 0.5) is 5.82 Å². The molecule has 0 spiro atoms. The van der Waals surface area contributed by atoms with Gasteiger partial charge in [-0.05, 0) is 49.8 Å². The van der Waals surface area contributed by atoms with E-state index in [9.17, 15) is 8.42 Å². The van der Waals surface area contributed by atoms with E-state index in [4.69, 9.17) is 4.98 Å². The summed E-state index contributed by atoms with van der Waals surface area (Å²) < 4.78 is 27.5. The van der Waals surface area contributed by atoms with Crippen molar-refractivity contribution in [3.8, 4) is 11.3 Å². The molecule has 2 bridgehead atoms. The summed E-state index contributed by atoms with van der Waals surface area (Å²) in [5.74, 6) is 1.65. The Balaban J connectivity index is 1.50. The van der Waals surface area contributed by atoms with Crippen LogP contribution in [0.1, 0.15) is 25.7 Å². The minimum absolute atomic E-state index is 0.291. The molecule has 2 saturated heterocycles. The summed E-state index contributed by atoms with van der Waals surface area (Å²) in [4.78, 5) is 10.9. The maximum Gasteiger partial charge on any atom is 0.244 e. The van der Waals surface area contributed by atoms with Crippen LogP contribution in [-0.2, 0) is 10.0 Å². The summed E-state index contributed by atoms with van der Waals surface area (Å²) in [6.07, 6.45) is 6.20. The number of hydrogen-bond acceptors (Lipinski definition) is 4. The molecule has 1 saturated carbocycles. The van der Waals surface area contributed by atoms with Gasteiger partial charge in [-0.3, -0.25) is 0 Å². The fourth-order valence-electron chi connectivity index (χ4n) is 5.09. The van der Waals surface area contributed by atoms with Gasteiger partial charge < -0.3 is 9.88 Å². The molecule has 0 amide bonds. The molecule has 1 N–H and O–H groups in total. The molecule has 4 heterocycles. The number of nitrogens with zero attached hydrogens (tertiary/aromatic N) is 3. The fraction of sp³-hybridized carbons (Fsp3) is 0.409. The first kappa shape index (κ1) is 17.5. The smallest absolute Gasteiger partial charge is 0.244 e. The number of benzene rings is 1. The van der Waals surface area contributed by atoms with Gasteiger partial charge >= 0.3 is 0 Å². The second-order valence-electron chi connectivity index (χ2n) is 8.56. The van der Waals surface area contributed by atoms with Crippen molar-refractivity contribution in [1.29, 1.82) is 0 Å². The second kappa shape index (κ2) is 6.31. The van der Waals surface area contributed by atoms with E-state index in [-0.39, 0.29) is 0 Å². The Hall–Kier alpha value is -2.38. The molecule has 29 heavy (non-hydrogen) atoms. The third-order valence-electron chi connectivity index (χ3n) is 6.80. The van der Waals surface area contributed by atoms with Crippen molar-refractivity contribution in [3.05, 3.63) is 42.6 Å². The Labute approximate surface area is 170 Å². The minimum Gasteiger partial charge on any atom is -0.354 e. The van der Waals surface area contributed by atoms with E-state index in [2.05, 4.69) is 22.0 Å². The highest BCUT2D eigenvalue weighted by Gasteiger charge is 2.40. The number of sulfonamides is 1. The zero-order chi connectivity index (χ0) is 19.6. The van der Waals surface area contributed by atoms with E-state index < -0.39 is 10.0 Å². The molecule has 6 rings (SSSR count). The number of rotatable bonds is 4. The maximum atomic E-state index is 13.0. The van der Waals surface area contributed by atoms with Crippen LogP contribution in [0.25, 0.3) is 22.2 Å². The molecular formula is C22H24N4O2S. The average Bonchev–Trinajstić information content (AvgIpc) is 3.40. The Bertz CT molecular complexity index is 1170. The highest BCUT2D eigenvalue weighted by atomic mass is 32.2. The first-order valence-electron chi connectivity index (χ1n) is 10.4. The molecule has 2 aliphatic heterocycles. The zero-order valence-corrected chi connectivity index (χ0v) is 17.0. The van der Waals surface area contributed by atoms with Gasteiger partial charge in [0.2, 0.25) is 10.0 Å². The quantitative estimate of drug-likeness (QED) is 0.716. The van der Waals surface area contributed by atoms with Crippen LogP contribution in [-0.4, -0.2) is 48.4 Å². The van der Waals surface area contributed by atoms with Gasteiger partial charge in [-0.1, -0.05) is 18.2 Å². The molecule has 6 nitrogen and oxygen atoms in total. The van der Waals surface area contributed by atoms with Crippen LogP contribution in [0.3, 0.4) is 0 Å². The predicted molar refractivity (Wildman–Crippen MR) is 113 cm³/mol. The number of piperidine rings is 1. The van der Waals surface area contributed by atoms with Gasteiger partial charge in [0.1, 0.15) is 10.7 Å². The third-order valence-corrected chi connectivity index (χ3v) is 8.66. The van der Waals surface area contributed by atoms with Gasteiger partial charge in [-0.25, -0.2) is 13.4 Å². The van der Waals surface area contributed by atoms with E-state index in [1.165, 1.54) is 23.6 Å². The molecule has 3 aromatic rings. The van der Waals surface area contributed by atoms with Crippen LogP contribution in [0.15, 0.2) is 47.5 Å². The summed E-state index contributed by atoms with van der Waals surface area (Å²) in [5.41, 5.74) is 2.86. The van der Waals surface area contributed by atoms with Crippen molar-refractivity contribution in [3.63, 3.8) is 0 Å². The molecule has 1 aliphatic carbocycles. The Morgan fingerprint density at radius 3 is 2.66 bits per heavy atom. The lowest BCUT2D eigenvalue weighted by atomic mass is 10.1. The van der Waals surface area contributed by atoms with Crippen molar-refractivity contribution < 1.29 is 8.42 Å². The van der Waals surface area contributed by atoms with Crippen molar-refractivity contribution in [2.45, 2.75) is 36.6 Å². The van der Waals surface area contributed by atoms with E-state index in [0.29, 0.717) is 24.0 Å². The lowest BCUT2D eigenvalue weighted by molar-refractivity contribution is 0.309. The number of pyridine rings is 1. The minimum atomic E-state index is -3.47. The summed E-state index contributed by atoms with van der Waals surface area (Å²) in [6.45, 7) is 2.21. The fourth-order valence-corrected chi connectivity index (χ4v) is 6.58. The Morgan fingerprint density at radius 2 is 1.97 bits per heavy atom. The normalized spacial score (nSPS) is 24.3. The number of para-hydroxylation sites is 1. The SMILES string of the molecule is O=S(=O)(c1cnc(N2CC3CCC2C3)c(-c2cc3ccccc3[nH]2)c1)N1CCC1. The molecule has 0 radical (unpaired) electrons. The summed E-state index contributed by atoms with van der Waals surface area (Å²) in [5, 5.41) is 1.12. The van der Waals surface area contributed by atoms with Crippen LogP contribution in [0.2, 0.25) is 0 Å². The predicted octanol–water partition coefficient (Wildman–Crippen LogP) is 3.61. The Kier molecular flexibility index (Phi) is 3.80. The molecule has 3 aliphatic rings. The van der Waals surface area contributed by atoms with Crippen molar-refractivity contribution in [1.82, 2.24) is 14.3 Å². The van der Waals surface area contributed by atoms with Crippen LogP contribution < -0.4 is 4.90 Å². The molecule has 7 heteroatoms. The third kappa shape index (κ3) is 2.71. The van der Waals surface area contributed by atoms with Crippen LogP contribution >= 0.6 is 0 Å². The first-order chi connectivity index (χ1) is 14.1. The zero-order valence-electron chi connectivity index (χ0n) is 16.2. The van der Waals surface area contributed by atoms with Crippen LogP contribution in [0.5, 0.6) is 0 Å². The molecule has 150 valence electrons. The van der Waals surface area contributed by atoms with Crippen molar-refractivity contribution in [2.24, 2.45) is 5.92 Å². The number of aromatic amines is 1. The number of aromatic nitrogens is 2. The van der Waals surface area contributed by atoms with E-state index >= 15 is 0 Å².